The van der Waals surface area contributed by atoms with E-state index in [1.54, 1.807) is 6.92 Å². The van der Waals surface area contributed by atoms with Crippen molar-refractivity contribution in [2.24, 2.45) is 22.7 Å². The van der Waals surface area contributed by atoms with Crippen LogP contribution in [0.15, 0.2) is 48.1 Å². The van der Waals surface area contributed by atoms with E-state index in [9.17, 15) is 49.4 Å². The second-order valence-electron chi connectivity index (χ2n) is 15.1. The van der Waals surface area contributed by atoms with Gasteiger partial charge in [-0.2, -0.15) is 0 Å². The molecule has 0 radical (unpaired) electrons. The minimum Gasteiger partial charge on any atom is -0.493 e. The lowest BCUT2D eigenvalue weighted by atomic mass is 9.44. The van der Waals surface area contributed by atoms with Crippen LogP contribution in [-0.2, 0) is 33.4 Å². The van der Waals surface area contributed by atoms with Crippen molar-refractivity contribution in [3.63, 3.8) is 0 Å². The summed E-state index contributed by atoms with van der Waals surface area (Å²) in [4.78, 5) is 76.6. The molecule has 0 aliphatic heterocycles. The second kappa shape index (κ2) is 17.6. The summed E-state index contributed by atoms with van der Waals surface area (Å²) in [6, 6.07) is 4.36. The number of unbranched alkanes of at least 4 members (excludes halogenated alkanes) is 1. The third-order valence-corrected chi connectivity index (χ3v) is 12.0. The topological polar surface area (TPSA) is 257 Å². The maximum absolute atomic E-state index is 17.3. The van der Waals surface area contributed by atoms with Crippen LogP contribution in [0.25, 0.3) is 6.08 Å². The number of ether oxygens (including phenoxy) is 5. The zero-order valence-corrected chi connectivity index (χ0v) is 32.2. The number of nitrogens with zero attached hydrogens (tertiary/aromatic N) is 1. The van der Waals surface area contributed by atoms with Crippen molar-refractivity contribution in [3.8, 4) is 11.5 Å². The van der Waals surface area contributed by atoms with E-state index in [0.717, 1.165) is 6.08 Å². The molecule has 1 aromatic carbocycles. The largest absolute Gasteiger partial charge is 0.514 e. The molecule has 1 amide bonds. The Kier molecular flexibility index (Phi) is 13.3. The predicted molar refractivity (Wildman–Crippen MR) is 196 cm³/mol. The lowest BCUT2D eigenvalue weighted by Crippen LogP contribution is -2.69. The minimum absolute atomic E-state index is 0.0257. The molecular formula is C39H47FN2O16. The van der Waals surface area contributed by atoms with E-state index >= 15 is 4.39 Å². The van der Waals surface area contributed by atoms with Crippen LogP contribution < -0.4 is 14.8 Å². The van der Waals surface area contributed by atoms with Gasteiger partial charge in [0.25, 0.3) is 5.09 Å². The Balaban J connectivity index is 1.06. The van der Waals surface area contributed by atoms with Crippen LogP contribution in [0.1, 0.15) is 57.9 Å². The Hall–Kier alpha value is -5.40. The summed E-state index contributed by atoms with van der Waals surface area (Å²) in [6.07, 6.45) is 1.89. The van der Waals surface area contributed by atoms with Crippen molar-refractivity contribution in [2.45, 2.75) is 75.9 Å². The number of fused-ring (bicyclic) bond motifs is 5. The fourth-order valence-electron chi connectivity index (χ4n) is 9.03. The molecule has 3 saturated carbocycles. The van der Waals surface area contributed by atoms with E-state index in [0.29, 0.717) is 30.4 Å². The average Bonchev–Trinajstić information content (AvgIpc) is 3.38. The van der Waals surface area contributed by atoms with E-state index in [1.807, 2.05) is 0 Å². The number of aliphatic hydroxyl groups excluding tert-OH is 2. The molecule has 4 aliphatic carbocycles. The number of benzene rings is 1. The van der Waals surface area contributed by atoms with Gasteiger partial charge in [-0.25, -0.2) is 18.8 Å². The number of hydrogen-bond donors (Lipinski definition) is 4. The van der Waals surface area contributed by atoms with Gasteiger partial charge >= 0.3 is 18.2 Å². The van der Waals surface area contributed by atoms with Crippen LogP contribution in [0.4, 0.5) is 14.0 Å². The van der Waals surface area contributed by atoms with Crippen molar-refractivity contribution in [1.29, 1.82) is 0 Å². The Morgan fingerprint density at radius 3 is 2.50 bits per heavy atom. The first-order valence-corrected chi connectivity index (χ1v) is 18.7. The fourth-order valence-corrected chi connectivity index (χ4v) is 9.03. The molecule has 8 atom stereocenters. The molecular weight excluding hydrogens is 771 g/mol. The number of amides is 1. The summed E-state index contributed by atoms with van der Waals surface area (Å²) in [5.41, 5.74) is -6.46. The third-order valence-electron chi connectivity index (χ3n) is 12.0. The Morgan fingerprint density at radius 1 is 1.03 bits per heavy atom. The number of ketones is 2. The maximum atomic E-state index is 17.3. The first kappa shape index (κ1) is 43.7. The lowest BCUT2D eigenvalue weighted by Gasteiger charge is -2.62. The number of aliphatic hydroxyl groups is 3. The molecule has 0 unspecified atom stereocenters. The Labute approximate surface area is 332 Å². The van der Waals surface area contributed by atoms with Crippen molar-refractivity contribution < 1.29 is 77.3 Å². The smallest absolute Gasteiger partial charge is 0.493 e. The van der Waals surface area contributed by atoms with Crippen molar-refractivity contribution in [3.05, 3.63) is 63.8 Å². The number of methoxy groups -OCH3 is 1. The molecule has 4 aliphatic rings. The number of alkyl halides is 1. The quantitative estimate of drug-likeness (QED) is 0.0355. The molecule has 4 N–H and O–H groups in total. The molecule has 0 aromatic heterocycles. The summed E-state index contributed by atoms with van der Waals surface area (Å²) >= 11 is 0. The zero-order chi connectivity index (χ0) is 42.5. The SMILES string of the molecule is COc1cc(/C=C/C(=O)OCCCCO[N+](=O)[O-])ccc1OC(=O)OCCNC(=O)OCC(=O)[C@@]1(O)[C@H](O)C[C@H]2[C@@H]3CCC4=CC(=O)C=C[C@]4(C)[C@@]3(F)[C@@H](O)C[C@@]21C. The molecule has 3 fully saturated rings. The van der Waals surface area contributed by atoms with Crippen LogP contribution >= 0.6 is 0 Å². The second-order valence-corrected chi connectivity index (χ2v) is 15.1. The van der Waals surface area contributed by atoms with E-state index in [1.165, 1.54) is 56.5 Å². The number of carbonyl (C=O) groups is 5. The van der Waals surface area contributed by atoms with E-state index in [4.69, 9.17) is 23.7 Å². The standard InChI is InChI=1S/C39H47FN2O16/c1-36-13-12-25(43)19-24(36)8-9-26-27-20-30(44)39(50,37(27,2)21-31(45)38(26,36)40)32(46)22-56-34(48)41-14-17-55-35(49)58-28-10-6-23(18-29(28)53-3)7-11-33(47)54-15-4-5-16-57-42(51)52/h6-7,10-13,18-19,26-27,30-31,44-45,50H,4-5,8-9,14-17,20-22H2,1-3H3,(H,41,48)/b11-7+/t26-,27-,30+,31-,36-,37-,38-,39-/m0/s1. The molecule has 316 valence electrons. The molecule has 0 heterocycles. The van der Waals surface area contributed by atoms with Gasteiger partial charge < -0.3 is 49.2 Å². The van der Waals surface area contributed by atoms with Gasteiger partial charge in [-0.3, -0.25) is 9.59 Å². The molecule has 0 bridgehead atoms. The van der Waals surface area contributed by atoms with E-state index < -0.39 is 81.8 Å². The van der Waals surface area contributed by atoms with Gasteiger partial charge in [0, 0.05) is 22.8 Å². The Bertz CT molecular complexity index is 1880. The molecule has 5 rings (SSSR count). The molecule has 0 saturated heterocycles. The number of esters is 1. The predicted octanol–water partition coefficient (Wildman–Crippen LogP) is 3.12. The van der Waals surface area contributed by atoms with Crippen LogP contribution in [0.3, 0.4) is 0 Å². The first-order valence-electron chi connectivity index (χ1n) is 18.7. The first-order chi connectivity index (χ1) is 27.4. The highest BCUT2D eigenvalue weighted by Gasteiger charge is 2.76. The Morgan fingerprint density at radius 2 is 1.78 bits per heavy atom. The lowest BCUT2D eigenvalue weighted by molar-refractivity contribution is -0.757. The van der Waals surface area contributed by atoms with Gasteiger partial charge in [-0.05, 0) is 87.3 Å². The highest BCUT2D eigenvalue weighted by molar-refractivity contribution is 6.01. The number of nitrogens with one attached hydrogen (secondary N) is 1. The van der Waals surface area contributed by atoms with Gasteiger partial charge in [-0.1, -0.05) is 24.6 Å². The average molecular weight is 819 g/mol. The van der Waals surface area contributed by atoms with E-state index in [2.05, 4.69) is 10.2 Å². The van der Waals surface area contributed by atoms with Crippen LogP contribution in [0.2, 0.25) is 0 Å². The summed E-state index contributed by atoms with van der Waals surface area (Å²) in [5, 5.41) is 45.9. The molecule has 1 aromatic rings. The third kappa shape index (κ3) is 8.42. The zero-order valence-electron chi connectivity index (χ0n) is 32.2. The summed E-state index contributed by atoms with van der Waals surface area (Å²) < 4.78 is 42.7. The monoisotopic (exact) mass is 818 g/mol. The van der Waals surface area contributed by atoms with Gasteiger partial charge in [-0.15, -0.1) is 10.1 Å². The highest BCUT2D eigenvalue weighted by atomic mass is 19.1. The summed E-state index contributed by atoms with van der Waals surface area (Å²) in [6.45, 7) is 1.45. The highest BCUT2D eigenvalue weighted by Crippen LogP contribution is 2.69. The van der Waals surface area contributed by atoms with Gasteiger partial charge in [0.05, 0.1) is 39.1 Å². The molecule has 18 nitrogen and oxygen atoms in total. The van der Waals surface area contributed by atoms with E-state index in [-0.39, 0.29) is 62.9 Å². The fraction of sp³-hybridized carbons (Fsp3) is 0.564. The summed E-state index contributed by atoms with van der Waals surface area (Å²) in [7, 11) is 1.32. The number of Topliss-reactive ketones (excluding diaryl/α,β-unsaturated/α-hetero) is 1. The number of carbonyl (C=O) groups excluding carboxylic acids is 5. The van der Waals surface area contributed by atoms with Crippen molar-refractivity contribution in [2.75, 3.05) is 40.1 Å². The van der Waals surface area contributed by atoms with Crippen LogP contribution in [0, 0.1) is 32.8 Å². The molecule has 0 spiro atoms. The number of alkyl carbamates (subject to hydrolysis) is 1. The van der Waals surface area contributed by atoms with Gasteiger partial charge in [0.15, 0.2) is 35.2 Å². The number of rotatable bonds is 16. The number of halogens is 1. The van der Waals surface area contributed by atoms with Gasteiger partial charge in [0.2, 0.25) is 5.78 Å². The normalized spacial score (nSPS) is 30.9. The van der Waals surface area contributed by atoms with Crippen LogP contribution in [-0.4, -0.2) is 114 Å². The number of allylic oxidation sites excluding steroid dienone is 4. The molecule has 19 heteroatoms. The summed E-state index contributed by atoms with van der Waals surface area (Å²) in [5.74, 6) is -3.47. The van der Waals surface area contributed by atoms with Crippen LogP contribution in [0.5, 0.6) is 11.5 Å². The number of hydrogen-bond acceptors (Lipinski definition) is 16. The van der Waals surface area contributed by atoms with Crippen molar-refractivity contribution >= 4 is 35.9 Å². The maximum Gasteiger partial charge on any atom is 0.514 e. The van der Waals surface area contributed by atoms with Gasteiger partial charge in [0.1, 0.15) is 6.61 Å². The van der Waals surface area contributed by atoms with Crippen molar-refractivity contribution in [1.82, 2.24) is 5.32 Å². The molecule has 58 heavy (non-hydrogen) atoms. The minimum atomic E-state index is -2.48.